The third-order valence-corrected chi connectivity index (χ3v) is 2.65. The number of pyridine rings is 1. The van der Waals surface area contributed by atoms with Gasteiger partial charge in [-0.2, -0.15) is 0 Å². The lowest BCUT2D eigenvalue weighted by atomic mass is 10.1. The van der Waals surface area contributed by atoms with Crippen molar-refractivity contribution in [1.82, 2.24) is 4.98 Å². The van der Waals surface area contributed by atoms with E-state index in [0.717, 1.165) is 0 Å². The monoisotopic (exact) mass is 327 g/mol. The van der Waals surface area contributed by atoms with E-state index in [2.05, 4.69) is 4.98 Å². The first-order valence-electron chi connectivity index (χ1n) is 4.58. The summed E-state index contributed by atoms with van der Waals surface area (Å²) in [5, 5.41) is 0. The van der Waals surface area contributed by atoms with E-state index < -0.39 is 5.82 Å². The highest BCUT2D eigenvalue weighted by Gasteiger charge is 2.11. The summed E-state index contributed by atoms with van der Waals surface area (Å²) in [5.41, 5.74) is 0.645. The molecule has 2 rings (SSSR count). The first-order valence-corrected chi connectivity index (χ1v) is 5.66. The molecule has 0 fully saturated rings. The highest BCUT2D eigenvalue weighted by atomic mass is 127. The van der Waals surface area contributed by atoms with Gasteiger partial charge in [0.25, 0.3) is 0 Å². The number of hydrogen-bond acceptors (Lipinski definition) is 2. The predicted octanol–water partition coefficient (Wildman–Crippen LogP) is 3.06. The zero-order valence-corrected chi connectivity index (χ0v) is 10.3. The highest BCUT2D eigenvalue weighted by Crippen LogP contribution is 2.14. The zero-order valence-electron chi connectivity index (χ0n) is 8.15. The van der Waals surface area contributed by atoms with Crippen LogP contribution in [0.4, 0.5) is 4.39 Å². The van der Waals surface area contributed by atoms with Gasteiger partial charge in [0.1, 0.15) is 11.5 Å². The van der Waals surface area contributed by atoms with Crippen molar-refractivity contribution in [2.45, 2.75) is 0 Å². The summed E-state index contributed by atoms with van der Waals surface area (Å²) in [4.78, 5) is 15.9. The largest absolute Gasteiger partial charge is 0.287 e. The van der Waals surface area contributed by atoms with Crippen molar-refractivity contribution in [2.75, 3.05) is 0 Å². The molecule has 1 aromatic carbocycles. The molecule has 0 bridgehead atoms. The Bertz CT molecular complexity index is 508. The van der Waals surface area contributed by atoms with Crippen molar-refractivity contribution < 1.29 is 9.18 Å². The molecule has 0 aliphatic carbocycles. The lowest BCUT2D eigenvalue weighted by Crippen LogP contribution is -2.04. The Morgan fingerprint density at radius 3 is 2.69 bits per heavy atom. The van der Waals surface area contributed by atoms with Crippen molar-refractivity contribution in [3.05, 3.63) is 63.2 Å². The normalized spacial score (nSPS) is 10.1. The van der Waals surface area contributed by atoms with E-state index in [9.17, 15) is 9.18 Å². The third-order valence-electron chi connectivity index (χ3n) is 2.02. The summed E-state index contributed by atoms with van der Waals surface area (Å²) in [7, 11) is 0. The van der Waals surface area contributed by atoms with Gasteiger partial charge in [-0.05, 0) is 52.9 Å². The maximum absolute atomic E-state index is 13.1. The van der Waals surface area contributed by atoms with Gasteiger partial charge in [0.05, 0.1) is 0 Å². The van der Waals surface area contributed by atoms with Crippen LogP contribution in [0, 0.1) is 9.39 Å². The molecule has 2 nitrogen and oxygen atoms in total. The molecule has 0 spiro atoms. The fraction of sp³-hybridized carbons (Fsp3) is 0. The van der Waals surface area contributed by atoms with Crippen LogP contribution < -0.4 is 0 Å². The summed E-state index contributed by atoms with van der Waals surface area (Å²) in [5.74, 6) is -0.677. The molecule has 0 aliphatic rings. The number of hydrogen-bond donors (Lipinski definition) is 0. The molecule has 0 amide bonds. The molecule has 2 aromatic rings. The number of aromatic nitrogens is 1. The van der Waals surface area contributed by atoms with Gasteiger partial charge in [-0.3, -0.25) is 9.78 Å². The summed E-state index contributed by atoms with van der Waals surface area (Å²) >= 11 is 1.97. The molecule has 1 aromatic heterocycles. The molecule has 0 unspecified atom stereocenters. The van der Waals surface area contributed by atoms with Crippen LogP contribution in [0.5, 0.6) is 0 Å². The van der Waals surface area contributed by atoms with Crippen LogP contribution in [0.3, 0.4) is 0 Å². The van der Waals surface area contributed by atoms with Gasteiger partial charge in [0, 0.05) is 15.3 Å². The molecule has 0 saturated heterocycles. The Balaban J connectivity index is 2.42. The SMILES string of the molecule is O=C(c1cc(F)cc(I)c1)c1ccccn1. The first-order chi connectivity index (χ1) is 7.66. The second kappa shape index (κ2) is 4.69. The lowest BCUT2D eigenvalue weighted by Gasteiger charge is -2.01. The van der Waals surface area contributed by atoms with Crippen molar-refractivity contribution in [3.63, 3.8) is 0 Å². The molecule has 0 aliphatic heterocycles. The van der Waals surface area contributed by atoms with E-state index in [1.807, 2.05) is 22.6 Å². The third kappa shape index (κ3) is 2.44. The van der Waals surface area contributed by atoms with Gasteiger partial charge >= 0.3 is 0 Å². The minimum Gasteiger partial charge on any atom is -0.287 e. The zero-order chi connectivity index (χ0) is 11.5. The van der Waals surface area contributed by atoms with Crippen molar-refractivity contribution in [1.29, 1.82) is 0 Å². The Morgan fingerprint density at radius 2 is 2.06 bits per heavy atom. The van der Waals surface area contributed by atoms with Crippen LogP contribution in [0.1, 0.15) is 16.1 Å². The lowest BCUT2D eigenvalue weighted by molar-refractivity contribution is 0.103. The number of carbonyl (C=O) groups excluding carboxylic acids is 1. The van der Waals surface area contributed by atoms with Crippen LogP contribution in [0.25, 0.3) is 0 Å². The second-order valence-corrected chi connectivity index (χ2v) is 4.45. The molecule has 0 saturated carbocycles. The summed E-state index contributed by atoms with van der Waals surface area (Å²) in [6, 6.07) is 9.30. The standard InChI is InChI=1S/C12H7FINO/c13-9-5-8(6-10(14)7-9)12(16)11-3-1-2-4-15-11/h1-7H. The number of benzene rings is 1. The predicted molar refractivity (Wildman–Crippen MR) is 66.8 cm³/mol. The Labute approximate surface area is 106 Å². The fourth-order valence-electron chi connectivity index (χ4n) is 1.33. The number of nitrogens with zero attached hydrogens (tertiary/aromatic N) is 1. The summed E-state index contributed by atoms with van der Waals surface area (Å²) in [6.45, 7) is 0. The van der Waals surface area contributed by atoms with E-state index in [1.54, 1.807) is 24.3 Å². The van der Waals surface area contributed by atoms with E-state index in [1.165, 1.54) is 18.3 Å². The van der Waals surface area contributed by atoms with Crippen molar-refractivity contribution in [3.8, 4) is 0 Å². The van der Waals surface area contributed by atoms with E-state index in [-0.39, 0.29) is 5.78 Å². The Kier molecular flexibility index (Phi) is 3.28. The average Bonchev–Trinajstić information content (AvgIpc) is 2.28. The molecule has 0 N–H and O–H groups in total. The molecular formula is C12H7FINO. The topological polar surface area (TPSA) is 30.0 Å². The Hall–Kier alpha value is -1.30. The smallest absolute Gasteiger partial charge is 0.211 e. The van der Waals surface area contributed by atoms with E-state index >= 15 is 0 Å². The fourth-order valence-corrected chi connectivity index (χ4v) is 1.96. The van der Waals surface area contributed by atoms with Gasteiger partial charge in [-0.25, -0.2) is 4.39 Å². The van der Waals surface area contributed by atoms with Gasteiger partial charge in [-0.15, -0.1) is 0 Å². The van der Waals surface area contributed by atoms with Gasteiger partial charge in [0.2, 0.25) is 5.78 Å². The van der Waals surface area contributed by atoms with Crippen molar-refractivity contribution in [2.24, 2.45) is 0 Å². The maximum Gasteiger partial charge on any atom is 0.211 e. The molecule has 0 atom stereocenters. The molecular weight excluding hydrogens is 320 g/mol. The minimum absolute atomic E-state index is 0.266. The van der Waals surface area contributed by atoms with E-state index in [0.29, 0.717) is 14.8 Å². The van der Waals surface area contributed by atoms with Gasteiger partial charge in [0.15, 0.2) is 0 Å². The van der Waals surface area contributed by atoms with E-state index in [4.69, 9.17) is 0 Å². The van der Waals surface area contributed by atoms with Gasteiger partial charge < -0.3 is 0 Å². The van der Waals surface area contributed by atoms with Crippen LogP contribution in [-0.4, -0.2) is 10.8 Å². The molecule has 1 heterocycles. The van der Waals surface area contributed by atoms with Crippen LogP contribution in [-0.2, 0) is 0 Å². The Morgan fingerprint density at radius 1 is 1.25 bits per heavy atom. The number of ketones is 1. The molecule has 0 radical (unpaired) electrons. The van der Waals surface area contributed by atoms with Crippen LogP contribution in [0.15, 0.2) is 42.6 Å². The quantitative estimate of drug-likeness (QED) is 0.627. The average molecular weight is 327 g/mol. The molecule has 80 valence electrons. The highest BCUT2D eigenvalue weighted by molar-refractivity contribution is 14.1. The van der Waals surface area contributed by atoms with Crippen LogP contribution >= 0.6 is 22.6 Å². The first kappa shape index (κ1) is 11.2. The second-order valence-electron chi connectivity index (χ2n) is 3.20. The summed E-state index contributed by atoms with van der Waals surface area (Å²) < 4.78 is 13.8. The minimum atomic E-state index is -0.411. The van der Waals surface area contributed by atoms with Crippen molar-refractivity contribution >= 4 is 28.4 Å². The summed E-state index contributed by atoms with van der Waals surface area (Å²) in [6.07, 6.45) is 1.54. The molecule has 4 heteroatoms. The number of carbonyl (C=O) groups is 1. The van der Waals surface area contributed by atoms with Crippen LogP contribution in [0.2, 0.25) is 0 Å². The maximum atomic E-state index is 13.1. The molecule has 16 heavy (non-hydrogen) atoms. The number of halogens is 2. The number of rotatable bonds is 2. The van der Waals surface area contributed by atoms with Gasteiger partial charge in [-0.1, -0.05) is 6.07 Å².